The molecule has 0 aromatic heterocycles. The van der Waals surface area contributed by atoms with Gasteiger partial charge in [-0.05, 0) is 24.6 Å². The van der Waals surface area contributed by atoms with Crippen molar-refractivity contribution < 1.29 is 24.0 Å². The number of nitro groups is 1. The van der Waals surface area contributed by atoms with Crippen molar-refractivity contribution in [3.8, 4) is 0 Å². The molecule has 0 N–H and O–H groups in total. The number of benzene rings is 2. The Hall–Kier alpha value is -3.46. The molecule has 3 rings (SSSR count). The molecular formula is C23H27N3O6. The maximum atomic E-state index is 12.2. The van der Waals surface area contributed by atoms with Crippen LogP contribution in [0.5, 0.6) is 0 Å². The third kappa shape index (κ3) is 5.61. The van der Waals surface area contributed by atoms with Crippen LogP contribution in [0, 0.1) is 10.1 Å². The van der Waals surface area contributed by atoms with E-state index in [0.29, 0.717) is 31.9 Å². The molecule has 0 spiro atoms. The van der Waals surface area contributed by atoms with Crippen molar-refractivity contribution in [2.75, 3.05) is 38.3 Å². The lowest BCUT2D eigenvalue weighted by molar-refractivity contribution is -0.384. The van der Waals surface area contributed by atoms with Gasteiger partial charge < -0.3 is 14.4 Å². The Bertz CT molecular complexity index is 965. The molecular weight excluding hydrogens is 414 g/mol. The molecule has 0 amide bonds. The molecule has 0 bridgehead atoms. The molecule has 0 aliphatic carbocycles. The number of nitro benzene ring substituents is 1. The van der Waals surface area contributed by atoms with Crippen molar-refractivity contribution in [1.29, 1.82) is 0 Å². The number of hydrogen-bond acceptors (Lipinski definition) is 8. The summed E-state index contributed by atoms with van der Waals surface area (Å²) in [6.45, 7) is 4.23. The topological polar surface area (TPSA) is 102 Å². The summed E-state index contributed by atoms with van der Waals surface area (Å²) in [5, 5.41) is 11.7. The minimum atomic E-state index is -0.545. The van der Waals surface area contributed by atoms with Gasteiger partial charge in [-0.1, -0.05) is 30.3 Å². The number of nitrogens with zero attached hydrogens (tertiary/aromatic N) is 3. The van der Waals surface area contributed by atoms with Crippen molar-refractivity contribution >= 4 is 23.3 Å². The van der Waals surface area contributed by atoms with E-state index in [1.165, 1.54) is 25.3 Å². The van der Waals surface area contributed by atoms with Crippen LogP contribution >= 0.6 is 0 Å². The summed E-state index contributed by atoms with van der Waals surface area (Å²) in [5.41, 5.74) is 1.56. The first-order valence-corrected chi connectivity index (χ1v) is 10.5. The van der Waals surface area contributed by atoms with Gasteiger partial charge in [0.15, 0.2) is 0 Å². The highest BCUT2D eigenvalue weighted by atomic mass is 16.6. The molecule has 1 heterocycles. The highest BCUT2D eigenvalue weighted by Gasteiger charge is 2.33. The largest absolute Gasteiger partial charge is 0.469 e. The molecule has 9 nitrogen and oxygen atoms in total. The first-order chi connectivity index (χ1) is 15.4. The summed E-state index contributed by atoms with van der Waals surface area (Å²) in [7, 11) is 1.32. The van der Waals surface area contributed by atoms with Crippen LogP contribution in [-0.4, -0.2) is 61.2 Å². The number of methoxy groups -OCH3 is 1. The van der Waals surface area contributed by atoms with Gasteiger partial charge in [0.25, 0.3) is 5.69 Å². The summed E-state index contributed by atoms with van der Waals surface area (Å²) in [5.74, 6) is -0.943. The molecule has 170 valence electrons. The number of carbonyl (C=O) groups is 2. The molecule has 0 saturated carbocycles. The Morgan fingerprint density at radius 2 is 1.91 bits per heavy atom. The maximum absolute atomic E-state index is 12.2. The van der Waals surface area contributed by atoms with Crippen LogP contribution in [0.3, 0.4) is 0 Å². The number of carbonyl (C=O) groups excluding carboxylic acids is 2. The van der Waals surface area contributed by atoms with Gasteiger partial charge in [-0.3, -0.25) is 19.8 Å². The highest BCUT2D eigenvalue weighted by molar-refractivity contribution is 5.92. The fourth-order valence-corrected chi connectivity index (χ4v) is 3.92. The molecule has 1 saturated heterocycles. The fourth-order valence-electron chi connectivity index (χ4n) is 3.92. The van der Waals surface area contributed by atoms with Gasteiger partial charge in [0, 0.05) is 32.2 Å². The second kappa shape index (κ2) is 10.7. The molecule has 0 radical (unpaired) electrons. The van der Waals surface area contributed by atoms with Gasteiger partial charge in [0.1, 0.15) is 5.69 Å². The number of rotatable bonds is 8. The first kappa shape index (κ1) is 23.2. The van der Waals surface area contributed by atoms with Crippen LogP contribution in [0.15, 0.2) is 48.5 Å². The van der Waals surface area contributed by atoms with E-state index in [1.54, 1.807) is 6.92 Å². The Kier molecular flexibility index (Phi) is 7.77. The van der Waals surface area contributed by atoms with Crippen LogP contribution in [0.25, 0.3) is 0 Å². The van der Waals surface area contributed by atoms with E-state index >= 15 is 0 Å². The van der Waals surface area contributed by atoms with Crippen LogP contribution < -0.4 is 4.90 Å². The molecule has 9 heteroatoms. The van der Waals surface area contributed by atoms with Crippen LogP contribution in [0.1, 0.15) is 29.3 Å². The smallest absolute Gasteiger partial charge is 0.338 e. The normalized spacial score (nSPS) is 16.4. The van der Waals surface area contributed by atoms with Gasteiger partial charge in [-0.25, -0.2) is 4.79 Å². The molecule has 1 atom stereocenters. The van der Waals surface area contributed by atoms with Gasteiger partial charge in [0.05, 0.1) is 36.7 Å². The summed E-state index contributed by atoms with van der Waals surface area (Å²) in [6.07, 6.45) is 0.0720. The van der Waals surface area contributed by atoms with Crippen LogP contribution in [0.4, 0.5) is 11.4 Å². The average Bonchev–Trinajstić information content (AvgIpc) is 2.79. The minimum Gasteiger partial charge on any atom is -0.469 e. The van der Waals surface area contributed by atoms with E-state index in [-0.39, 0.29) is 30.3 Å². The summed E-state index contributed by atoms with van der Waals surface area (Å²) >= 11 is 0. The Labute approximate surface area is 186 Å². The van der Waals surface area contributed by atoms with Crippen molar-refractivity contribution in [1.82, 2.24) is 4.90 Å². The summed E-state index contributed by atoms with van der Waals surface area (Å²) in [6, 6.07) is 13.8. The summed E-state index contributed by atoms with van der Waals surface area (Å²) in [4.78, 5) is 39.6. The van der Waals surface area contributed by atoms with E-state index in [9.17, 15) is 19.7 Å². The van der Waals surface area contributed by atoms with E-state index < -0.39 is 16.9 Å². The Morgan fingerprint density at radius 3 is 2.56 bits per heavy atom. The average molecular weight is 441 g/mol. The summed E-state index contributed by atoms with van der Waals surface area (Å²) < 4.78 is 9.92. The third-order valence-electron chi connectivity index (χ3n) is 5.44. The van der Waals surface area contributed by atoms with Crippen molar-refractivity contribution in [2.24, 2.45) is 0 Å². The van der Waals surface area contributed by atoms with Crippen molar-refractivity contribution in [2.45, 2.75) is 25.9 Å². The van der Waals surface area contributed by atoms with E-state index in [1.807, 2.05) is 35.2 Å². The number of esters is 2. The molecule has 2 aromatic rings. The zero-order valence-electron chi connectivity index (χ0n) is 18.2. The predicted molar refractivity (Wildman–Crippen MR) is 119 cm³/mol. The standard InChI is InChI=1S/C23H27N3O6/c1-3-32-23(28)18-9-10-20(26(29)30)21(13-18)25-12-11-24(15-17-7-5-4-6-8-17)16-19(25)14-22(27)31-2/h4-10,13,19H,3,11-12,14-16H2,1-2H3. The first-order valence-electron chi connectivity index (χ1n) is 10.5. The predicted octanol–water partition coefficient (Wildman–Crippen LogP) is 3.03. The van der Waals surface area contributed by atoms with Gasteiger partial charge in [-0.2, -0.15) is 0 Å². The number of anilines is 1. The quantitative estimate of drug-likeness (QED) is 0.350. The van der Waals surface area contributed by atoms with E-state index in [0.717, 1.165) is 5.56 Å². The molecule has 1 aliphatic heterocycles. The maximum Gasteiger partial charge on any atom is 0.338 e. The van der Waals surface area contributed by atoms with E-state index in [2.05, 4.69) is 4.90 Å². The molecule has 1 aliphatic rings. The number of piperazine rings is 1. The lowest BCUT2D eigenvalue weighted by atomic mass is 10.0. The number of hydrogen-bond donors (Lipinski definition) is 0. The van der Waals surface area contributed by atoms with Gasteiger partial charge in [-0.15, -0.1) is 0 Å². The molecule has 2 aromatic carbocycles. The lowest BCUT2D eigenvalue weighted by Gasteiger charge is -2.42. The van der Waals surface area contributed by atoms with Crippen LogP contribution in [-0.2, 0) is 20.8 Å². The van der Waals surface area contributed by atoms with Crippen molar-refractivity contribution in [3.63, 3.8) is 0 Å². The Balaban J connectivity index is 1.91. The van der Waals surface area contributed by atoms with Crippen molar-refractivity contribution in [3.05, 3.63) is 69.8 Å². The zero-order valence-corrected chi connectivity index (χ0v) is 18.2. The van der Waals surface area contributed by atoms with E-state index in [4.69, 9.17) is 9.47 Å². The SMILES string of the molecule is CCOC(=O)c1ccc([N+](=O)[O-])c(N2CCN(Cc3ccccc3)CC2CC(=O)OC)c1. The molecule has 32 heavy (non-hydrogen) atoms. The monoisotopic (exact) mass is 441 g/mol. The van der Waals surface area contributed by atoms with Gasteiger partial charge in [0.2, 0.25) is 0 Å². The second-order valence-corrected chi connectivity index (χ2v) is 7.53. The molecule has 1 fully saturated rings. The third-order valence-corrected chi connectivity index (χ3v) is 5.44. The van der Waals surface area contributed by atoms with Gasteiger partial charge >= 0.3 is 11.9 Å². The minimum absolute atomic E-state index is 0.0720. The second-order valence-electron chi connectivity index (χ2n) is 7.53. The fraction of sp³-hybridized carbons (Fsp3) is 0.391. The Morgan fingerprint density at radius 1 is 1.16 bits per heavy atom. The lowest BCUT2D eigenvalue weighted by Crippen LogP contribution is -2.54. The number of ether oxygens (including phenoxy) is 2. The molecule has 1 unspecified atom stereocenters. The van der Waals surface area contributed by atoms with Crippen LogP contribution in [0.2, 0.25) is 0 Å². The zero-order chi connectivity index (χ0) is 23.1. The highest BCUT2D eigenvalue weighted by Crippen LogP contribution is 2.33.